The normalized spacial score (nSPS) is 15.0. The molecule has 0 spiro atoms. The molecule has 3 aromatic rings. The zero-order valence-electron chi connectivity index (χ0n) is 17.5. The summed E-state index contributed by atoms with van der Waals surface area (Å²) in [7, 11) is 4.56. The Labute approximate surface area is 193 Å². The van der Waals surface area contributed by atoms with E-state index in [0.717, 1.165) is 21.8 Å². The number of ether oxygens (including phenoxy) is 3. The Morgan fingerprint density at radius 1 is 1.09 bits per heavy atom. The molecule has 2 N–H and O–H groups in total. The predicted octanol–water partition coefficient (Wildman–Crippen LogP) is 5.27. The van der Waals surface area contributed by atoms with Gasteiger partial charge in [0, 0.05) is 27.8 Å². The van der Waals surface area contributed by atoms with Gasteiger partial charge in [0.25, 0.3) is 0 Å². The highest BCUT2D eigenvalue weighted by atomic mass is 35.5. The molecule has 4 rings (SSSR count). The first-order valence-corrected chi connectivity index (χ1v) is 10.8. The maximum atomic E-state index is 12.7. The van der Waals surface area contributed by atoms with Gasteiger partial charge in [-0.25, -0.2) is 4.79 Å². The van der Waals surface area contributed by atoms with Crippen molar-refractivity contribution in [3.05, 3.63) is 56.7 Å². The third-order valence-corrected chi connectivity index (χ3v) is 6.87. The number of hydrogen-bond acceptors (Lipinski definition) is 6. The molecule has 1 aliphatic rings. The second kappa shape index (κ2) is 8.72. The van der Waals surface area contributed by atoms with Crippen molar-refractivity contribution in [2.45, 2.75) is 12.3 Å². The molecular formula is C23H20ClNO6S. The number of methoxy groups -OCH3 is 3. The number of benzene rings is 2. The number of carbonyl (C=O) groups is 2. The number of aromatic carboxylic acids is 1. The van der Waals surface area contributed by atoms with Crippen LogP contribution in [0.4, 0.5) is 5.69 Å². The van der Waals surface area contributed by atoms with Crippen molar-refractivity contribution >= 4 is 40.5 Å². The first-order chi connectivity index (χ1) is 15.4. The second-order valence-corrected chi connectivity index (χ2v) is 8.61. The number of hydrogen-bond donors (Lipinski definition) is 2. The van der Waals surface area contributed by atoms with Crippen LogP contribution in [0.3, 0.4) is 0 Å². The molecule has 9 heteroatoms. The topological polar surface area (TPSA) is 94.1 Å². The van der Waals surface area contributed by atoms with Crippen LogP contribution in [0.5, 0.6) is 17.2 Å². The number of anilines is 1. The number of nitrogens with one attached hydrogen (secondary N) is 1. The molecule has 0 radical (unpaired) electrons. The Morgan fingerprint density at radius 2 is 1.72 bits per heavy atom. The zero-order valence-corrected chi connectivity index (χ0v) is 19.1. The number of thiophene rings is 1. The first kappa shape index (κ1) is 22.0. The van der Waals surface area contributed by atoms with Crippen LogP contribution in [0, 0.1) is 0 Å². The molecule has 1 amide bonds. The predicted molar refractivity (Wildman–Crippen MR) is 123 cm³/mol. The summed E-state index contributed by atoms with van der Waals surface area (Å²) in [6.45, 7) is 0. The number of carbonyl (C=O) groups excluding carboxylic acids is 1. The van der Waals surface area contributed by atoms with Crippen LogP contribution in [0.2, 0.25) is 5.02 Å². The van der Waals surface area contributed by atoms with Crippen molar-refractivity contribution in [3.8, 4) is 28.4 Å². The zero-order chi connectivity index (χ0) is 23.0. The molecule has 0 aliphatic carbocycles. The molecule has 2 aromatic carbocycles. The van der Waals surface area contributed by atoms with E-state index in [4.69, 9.17) is 25.8 Å². The number of fused-ring (bicyclic) bond motifs is 1. The number of carboxylic acids is 1. The van der Waals surface area contributed by atoms with E-state index in [1.807, 2.05) is 0 Å². The fourth-order valence-electron chi connectivity index (χ4n) is 3.90. The highest BCUT2D eigenvalue weighted by Crippen LogP contribution is 2.51. The van der Waals surface area contributed by atoms with Gasteiger partial charge in [0.2, 0.25) is 11.7 Å². The van der Waals surface area contributed by atoms with Crippen molar-refractivity contribution in [1.82, 2.24) is 0 Å². The molecule has 166 valence electrons. The lowest BCUT2D eigenvalue weighted by molar-refractivity contribution is -0.116. The SMILES string of the molecule is COc1cc([C@@H]2CC(=O)Nc3c2sc(C(=O)O)c3-c2ccc(Cl)cc2)cc(OC)c1OC. The van der Waals surface area contributed by atoms with E-state index < -0.39 is 5.97 Å². The van der Waals surface area contributed by atoms with Crippen molar-refractivity contribution in [1.29, 1.82) is 0 Å². The summed E-state index contributed by atoms with van der Waals surface area (Å²) in [6.07, 6.45) is 0.158. The fraction of sp³-hybridized carbons (Fsp3) is 0.217. The molecule has 0 saturated heterocycles. The van der Waals surface area contributed by atoms with Gasteiger partial charge in [-0.15, -0.1) is 11.3 Å². The van der Waals surface area contributed by atoms with Crippen LogP contribution in [-0.2, 0) is 4.79 Å². The van der Waals surface area contributed by atoms with Gasteiger partial charge in [0.15, 0.2) is 11.5 Å². The molecule has 1 aromatic heterocycles. The van der Waals surface area contributed by atoms with Gasteiger partial charge >= 0.3 is 5.97 Å². The molecule has 2 heterocycles. The third kappa shape index (κ3) is 3.76. The number of carboxylic acid groups (broad SMARTS) is 1. The average molecular weight is 474 g/mol. The molecule has 1 atom stereocenters. The van der Waals surface area contributed by atoms with E-state index in [2.05, 4.69) is 5.32 Å². The summed E-state index contributed by atoms with van der Waals surface area (Å²) in [5, 5.41) is 13.3. The van der Waals surface area contributed by atoms with E-state index in [0.29, 0.717) is 39.1 Å². The molecule has 0 fully saturated rings. The molecule has 1 aliphatic heterocycles. The monoisotopic (exact) mass is 473 g/mol. The lowest BCUT2D eigenvalue weighted by atomic mass is 9.88. The highest BCUT2D eigenvalue weighted by molar-refractivity contribution is 7.15. The maximum absolute atomic E-state index is 12.7. The summed E-state index contributed by atoms with van der Waals surface area (Å²) in [4.78, 5) is 25.7. The Balaban J connectivity index is 1.93. The fourth-order valence-corrected chi connectivity index (χ4v) is 5.27. The minimum Gasteiger partial charge on any atom is -0.493 e. The van der Waals surface area contributed by atoms with Crippen LogP contribution < -0.4 is 19.5 Å². The van der Waals surface area contributed by atoms with Gasteiger partial charge in [0.1, 0.15) is 4.88 Å². The molecule has 7 nitrogen and oxygen atoms in total. The molecule has 0 unspecified atom stereocenters. The lowest BCUT2D eigenvalue weighted by Gasteiger charge is -2.25. The molecular weight excluding hydrogens is 454 g/mol. The van der Waals surface area contributed by atoms with Gasteiger partial charge in [-0.1, -0.05) is 23.7 Å². The summed E-state index contributed by atoms with van der Waals surface area (Å²) in [6, 6.07) is 10.4. The minimum absolute atomic E-state index is 0.150. The molecule has 0 saturated carbocycles. The summed E-state index contributed by atoms with van der Waals surface area (Å²) < 4.78 is 16.3. The van der Waals surface area contributed by atoms with Gasteiger partial charge < -0.3 is 24.6 Å². The Kier molecular flexibility index (Phi) is 5.99. The number of halogens is 1. The Bertz CT molecular complexity index is 1180. The van der Waals surface area contributed by atoms with E-state index in [1.165, 1.54) is 21.3 Å². The van der Waals surface area contributed by atoms with Crippen LogP contribution in [0.15, 0.2) is 36.4 Å². The number of rotatable bonds is 6. The van der Waals surface area contributed by atoms with Gasteiger partial charge in [-0.2, -0.15) is 0 Å². The maximum Gasteiger partial charge on any atom is 0.346 e. The van der Waals surface area contributed by atoms with E-state index in [9.17, 15) is 14.7 Å². The van der Waals surface area contributed by atoms with Crippen molar-refractivity contribution in [3.63, 3.8) is 0 Å². The van der Waals surface area contributed by atoms with Gasteiger partial charge in [0.05, 0.1) is 27.0 Å². The van der Waals surface area contributed by atoms with Crippen LogP contribution in [0.25, 0.3) is 11.1 Å². The average Bonchev–Trinajstić information content (AvgIpc) is 3.17. The van der Waals surface area contributed by atoms with E-state index >= 15 is 0 Å². The largest absolute Gasteiger partial charge is 0.493 e. The lowest BCUT2D eigenvalue weighted by Crippen LogP contribution is -2.22. The highest BCUT2D eigenvalue weighted by Gasteiger charge is 2.35. The molecule has 32 heavy (non-hydrogen) atoms. The van der Waals surface area contributed by atoms with Crippen LogP contribution in [0.1, 0.15) is 32.5 Å². The summed E-state index contributed by atoms with van der Waals surface area (Å²) in [5.74, 6) is -0.284. The minimum atomic E-state index is -1.06. The molecule has 0 bridgehead atoms. The van der Waals surface area contributed by atoms with Gasteiger partial charge in [-0.3, -0.25) is 4.79 Å². The van der Waals surface area contributed by atoms with E-state index in [1.54, 1.807) is 36.4 Å². The van der Waals surface area contributed by atoms with Crippen molar-refractivity contribution in [2.24, 2.45) is 0 Å². The van der Waals surface area contributed by atoms with Gasteiger partial charge in [-0.05, 0) is 35.4 Å². The summed E-state index contributed by atoms with van der Waals surface area (Å²) >= 11 is 7.16. The standard InChI is InChI=1S/C23H20ClNO6S/c1-29-15-8-12(9-16(30-2)20(15)31-3)14-10-17(26)25-19-18(11-4-6-13(24)7-5-11)22(23(27)28)32-21(14)19/h4-9,14H,10H2,1-3H3,(H,25,26)(H,27,28)/t14-/m0/s1. The number of amides is 1. The van der Waals surface area contributed by atoms with Crippen molar-refractivity contribution < 1.29 is 28.9 Å². The third-order valence-electron chi connectivity index (χ3n) is 5.32. The van der Waals surface area contributed by atoms with Crippen molar-refractivity contribution in [2.75, 3.05) is 26.6 Å². The Hall–Kier alpha value is -3.23. The van der Waals surface area contributed by atoms with E-state index in [-0.39, 0.29) is 23.1 Å². The van der Waals surface area contributed by atoms with Crippen LogP contribution >= 0.6 is 22.9 Å². The smallest absolute Gasteiger partial charge is 0.346 e. The first-order valence-electron chi connectivity index (χ1n) is 9.63. The second-order valence-electron chi connectivity index (χ2n) is 7.12. The summed E-state index contributed by atoms with van der Waals surface area (Å²) in [5.41, 5.74) is 2.40. The Morgan fingerprint density at radius 3 is 2.25 bits per heavy atom. The van der Waals surface area contributed by atoms with Crippen LogP contribution in [-0.4, -0.2) is 38.3 Å². The quantitative estimate of drug-likeness (QED) is 0.506.